The minimum atomic E-state index is 0.122. The lowest BCUT2D eigenvalue weighted by molar-refractivity contribution is 0.589. The quantitative estimate of drug-likeness (QED) is 0.407. The maximum absolute atomic E-state index is 4.68. The van der Waals surface area contributed by atoms with Gasteiger partial charge in [0, 0.05) is 7.05 Å². The van der Waals surface area contributed by atoms with Crippen molar-refractivity contribution in [3.8, 4) is 0 Å². The van der Waals surface area contributed by atoms with Crippen LogP contribution in [-0.4, -0.2) is 18.2 Å². The molecule has 0 fully saturated rings. The minimum Gasteiger partial charge on any atom is -0.242 e. The van der Waals surface area contributed by atoms with Gasteiger partial charge in [0.25, 0.3) is 0 Å². The molecule has 3 nitrogen and oxygen atoms in total. The smallest absolute Gasteiger partial charge is 0.206 e. The van der Waals surface area contributed by atoms with E-state index >= 15 is 0 Å². The van der Waals surface area contributed by atoms with Crippen molar-refractivity contribution >= 4 is 32.9 Å². The third-order valence-corrected chi connectivity index (χ3v) is 5.61. The Morgan fingerprint density at radius 1 is 1.12 bits per heavy atom. The molecule has 0 saturated carbocycles. The highest BCUT2D eigenvalue weighted by molar-refractivity contribution is 7.22. The maximum Gasteiger partial charge on any atom is 0.206 e. The third-order valence-electron chi connectivity index (χ3n) is 4.50. The summed E-state index contributed by atoms with van der Waals surface area (Å²) >= 11 is 1.66. The fraction of sp³-hybridized carbons (Fsp3) is 0.364. The minimum absolute atomic E-state index is 0.122. The molecule has 3 rings (SSSR count). The summed E-state index contributed by atoms with van der Waals surface area (Å²) in [6.45, 7) is 11.2. The Bertz CT molecular complexity index is 899. The average molecular weight is 366 g/mol. The molecule has 26 heavy (non-hydrogen) atoms. The highest BCUT2D eigenvalue weighted by atomic mass is 32.1. The number of fused-ring (bicyclic) bond motifs is 1. The van der Waals surface area contributed by atoms with Crippen LogP contribution in [0.5, 0.6) is 0 Å². The van der Waals surface area contributed by atoms with Crippen LogP contribution in [0.25, 0.3) is 10.2 Å². The fourth-order valence-corrected chi connectivity index (χ4v) is 3.76. The molecule has 1 heterocycles. The van der Waals surface area contributed by atoms with Crippen LogP contribution in [0.3, 0.4) is 0 Å². The third kappa shape index (κ3) is 3.96. The second-order valence-corrected chi connectivity index (χ2v) is 8.99. The SMILES string of the molecule is CC(C)c1ccc(C(C)(C)C)cc1/C=N/N(C)c1nc2ccccc2s1. The Hall–Kier alpha value is -2.20. The van der Waals surface area contributed by atoms with E-state index in [0.717, 1.165) is 10.6 Å². The molecule has 0 unspecified atom stereocenters. The number of benzene rings is 2. The first-order valence-electron chi connectivity index (χ1n) is 9.03. The van der Waals surface area contributed by atoms with Crippen molar-refractivity contribution in [3.05, 3.63) is 59.2 Å². The lowest BCUT2D eigenvalue weighted by Gasteiger charge is -2.21. The predicted octanol–water partition coefficient (Wildman–Crippen LogP) is 6.19. The van der Waals surface area contributed by atoms with Gasteiger partial charge in [-0.2, -0.15) is 5.10 Å². The molecule has 0 aliphatic heterocycles. The number of aromatic nitrogens is 1. The van der Waals surface area contributed by atoms with Crippen LogP contribution in [0.4, 0.5) is 5.13 Å². The van der Waals surface area contributed by atoms with E-state index in [1.54, 1.807) is 11.3 Å². The van der Waals surface area contributed by atoms with E-state index in [9.17, 15) is 0 Å². The van der Waals surface area contributed by atoms with E-state index in [1.165, 1.54) is 21.4 Å². The molecule has 3 aromatic rings. The van der Waals surface area contributed by atoms with Crippen LogP contribution < -0.4 is 5.01 Å². The lowest BCUT2D eigenvalue weighted by atomic mass is 9.84. The molecule has 0 bridgehead atoms. The summed E-state index contributed by atoms with van der Waals surface area (Å²) in [5, 5.41) is 7.45. The summed E-state index contributed by atoms with van der Waals surface area (Å²) in [4.78, 5) is 4.67. The van der Waals surface area contributed by atoms with Gasteiger partial charge in [0.15, 0.2) is 0 Å². The van der Waals surface area contributed by atoms with E-state index in [-0.39, 0.29) is 5.41 Å². The second-order valence-electron chi connectivity index (χ2n) is 7.98. The molecule has 0 aliphatic carbocycles. The molecular weight excluding hydrogens is 338 g/mol. The van der Waals surface area contributed by atoms with E-state index in [2.05, 4.69) is 69.0 Å². The summed E-state index contributed by atoms with van der Waals surface area (Å²) < 4.78 is 1.18. The number of anilines is 1. The van der Waals surface area contributed by atoms with Crippen molar-refractivity contribution in [1.29, 1.82) is 0 Å². The van der Waals surface area contributed by atoms with Crippen molar-refractivity contribution in [2.45, 2.75) is 46.0 Å². The van der Waals surface area contributed by atoms with Crippen molar-refractivity contribution < 1.29 is 0 Å². The van der Waals surface area contributed by atoms with Gasteiger partial charge < -0.3 is 0 Å². The zero-order valence-electron chi connectivity index (χ0n) is 16.4. The first kappa shape index (κ1) is 18.6. The van der Waals surface area contributed by atoms with Crippen LogP contribution in [-0.2, 0) is 5.41 Å². The molecule has 0 saturated heterocycles. The van der Waals surface area contributed by atoms with Gasteiger partial charge in [-0.15, -0.1) is 0 Å². The maximum atomic E-state index is 4.68. The second kappa shape index (κ2) is 7.20. The average Bonchev–Trinajstić information content (AvgIpc) is 3.02. The normalized spacial score (nSPS) is 12.4. The number of para-hydroxylation sites is 1. The molecule has 0 atom stereocenters. The highest BCUT2D eigenvalue weighted by Crippen LogP contribution is 2.29. The molecular formula is C22H27N3S. The van der Waals surface area contributed by atoms with Gasteiger partial charge in [0.05, 0.1) is 16.4 Å². The molecule has 2 aromatic carbocycles. The number of hydrazone groups is 1. The van der Waals surface area contributed by atoms with Crippen LogP contribution in [0.15, 0.2) is 47.6 Å². The zero-order valence-corrected chi connectivity index (χ0v) is 17.3. The first-order valence-corrected chi connectivity index (χ1v) is 9.85. The number of hydrogen-bond acceptors (Lipinski definition) is 4. The largest absolute Gasteiger partial charge is 0.242 e. The van der Waals surface area contributed by atoms with Gasteiger partial charge in [-0.1, -0.05) is 70.2 Å². The lowest BCUT2D eigenvalue weighted by Crippen LogP contribution is -2.13. The van der Waals surface area contributed by atoms with Gasteiger partial charge in [0.1, 0.15) is 0 Å². The van der Waals surface area contributed by atoms with Gasteiger partial charge in [-0.05, 0) is 46.2 Å². The number of nitrogens with zero attached hydrogens (tertiary/aromatic N) is 3. The highest BCUT2D eigenvalue weighted by Gasteiger charge is 2.16. The van der Waals surface area contributed by atoms with Crippen molar-refractivity contribution in [2.75, 3.05) is 12.1 Å². The molecule has 0 N–H and O–H groups in total. The number of rotatable bonds is 4. The Labute approximate surface area is 160 Å². The van der Waals surface area contributed by atoms with Gasteiger partial charge >= 0.3 is 0 Å². The summed E-state index contributed by atoms with van der Waals surface area (Å²) in [5.41, 5.74) is 4.97. The van der Waals surface area contributed by atoms with E-state index in [0.29, 0.717) is 5.92 Å². The van der Waals surface area contributed by atoms with Crippen molar-refractivity contribution in [2.24, 2.45) is 5.10 Å². The van der Waals surface area contributed by atoms with E-state index < -0.39 is 0 Å². The molecule has 136 valence electrons. The summed E-state index contributed by atoms with van der Waals surface area (Å²) in [7, 11) is 1.96. The van der Waals surface area contributed by atoms with Crippen LogP contribution in [0, 0.1) is 0 Å². The predicted molar refractivity (Wildman–Crippen MR) is 115 cm³/mol. The molecule has 4 heteroatoms. The van der Waals surface area contributed by atoms with Gasteiger partial charge in [-0.25, -0.2) is 9.99 Å². The Kier molecular flexibility index (Phi) is 5.15. The van der Waals surface area contributed by atoms with Crippen LogP contribution >= 0.6 is 11.3 Å². The van der Waals surface area contributed by atoms with Gasteiger partial charge in [-0.3, -0.25) is 0 Å². The van der Waals surface area contributed by atoms with E-state index in [4.69, 9.17) is 0 Å². The monoisotopic (exact) mass is 365 g/mol. The van der Waals surface area contributed by atoms with Crippen molar-refractivity contribution in [3.63, 3.8) is 0 Å². The first-order chi connectivity index (χ1) is 12.3. The molecule has 0 radical (unpaired) electrons. The van der Waals surface area contributed by atoms with Crippen molar-refractivity contribution in [1.82, 2.24) is 4.98 Å². The Morgan fingerprint density at radius 2 is 1.85 bits per heavy atom. The van der Waals surface area contributed by atoms with Crippen LogP contribution in [0.1, 0.15) is 57.2 Å². The molecule has 0 amide bonds. The summed E-state index contributed by atoms with van der Waals surface area (Å²) in [5.74, 6) is 0.457. The number of thiazole rings is 1. The molecule has 0 spiro atoms. The molecule has 0 aliphatic rings. The fourth-order valence-electron chi connectivity index (χ4n) is 2.88. The van der Waals surface area contributed by atoms with Crippen LogP contribution in [0.2, 0.25) is 0 Å². The standard InChI is InChI=1S/C22H27N3S/c1-15(2)18-12-11-17(22(3,4)5)13-16(18)14-23-25(6)21-24-19-9-7-8-10-20(19)26-21/h7-15H,1-6H3/b23-14+. The number of hydrogen-bond donors (Lipinski definition) is 0. The molecule has 1 aromatic heterocycles. The Morgan fingerprint density at radius 3 is 2.50 bits per heavy atom. The van der Waals surface area contributed by atoms with Gasteiger partial charge in [0.2, 0.25) is 5.13 Å². The van der Waals surface area contributed by atoms with E-state index in [1.807, 2.05) is 36.5 Å². The summed E-state index contributed by atoms with van der Waals surface area (Å²) in [6.07, 6.45) is 1.97. The Balaban J connectivity index is 1.93. The zero-order chi connectivity index (χ0) is 18.9. The topological polar surface area (TPSA) is 28.5 Å². The summed E-state index contributed by atoms with van der Waals surface area (Å²) in [6, 6.07) is 14.9.